The second-order valence-corrected chi connectivity index (χ2v) is 6.43. The molecule has 0 saturated heterocycles. The van der Waals surface area contributed by atoms with Gasteiger partial charge in [0, 0.05) is 6.61 Å². The van der Waals surface area contributed by atoms with E-state index in [0.717, 1.165) is 37.9 Å². The third kappa shape index (κ3) is 4.07. The Morgan fingerprint density at radius 2 is 1.54 bits per heavy atom. The van der Waals surface area contributed by atoms with Crippen molar-refractivity contribution in [2.75, 3.05) is 6.61 Å². The van der Waals surface area contributed by atoms with E-state index in [1.165, 1.54) is 21.5 Å². The number of hydrogen-bond donors (Lipinski definition) is 1. The van der Waals surface area contributed by atoms with Crippen LogP contribution in [0.3, 0.4) is 0 Å². The maximum Gasteiger partial charge on any atom is 0.120 e. The molecular weight excluding hydrogens is 296 g/mol. The molecule has 0 aliphatic rings. The Hall–Kier alpha value is -2.06. The summed E-state index contributed by atoms with van der Waals surface area (Å²) in [6.45, 7) is 2.46. The van der Waals surface area contributed by atoms with Crippen molar-refractivity contribution < 1.29 is 9.84 Å². The predicted molar refractivity (Wildman–Crippen MR) is 102 cm³/mol. The number of hydrogen-bond acceptors (Lipinski definition) is 2. The SMILES string of the molecule is CCC(CCCCCO)Oc1ccc2cc3ccccc3cc2c1. The molecule has 24 heavy (non-hydrogen) atoms. The third-order valence-corrected chi connectivity index (χ3v) is 4.62. The van der Waals surface area contributed by atoms with Crippen molar-refractivity contribution in [3.05, 3.63) is 54.6 Å². The van der Waals surface area contributed by atoms with E-state index >= 15 is 0 Å². The van der Waals surface area contributed by atoms with Crippen molar-refractivity contribution >= 4 is 21.5 Å². The first-order valence-corrected chi connectivity index (χ1v) is 9.00. The molecule has 0 radical (unpaired) electrons. The lowest BCUT2D eigenvalue weighted by molar-refractivity contribution is 0.181. The monoisotopic (exact) mass is 322 g/mol. The van der Waals surface area contributed by atoms with Gasteiger partial charge >= 0.3 is 0 Å². The molecule has 3 aromatic rings. The van der Waals surface area contributed by atoms with Gasteiger partial charge in [0.2, 0.25) is 0 Å². The van der Waals surface area contributed by atoms with Crippen LogP contribution in [0.15, 0.2) is 54.6 Å². The van der Waals surface area contributed by atoms with Crippen LogP contribution in [0.25, 0.3) is 21.5 Å². The summed E-state index contributed by atoms with van der Waals surface area (Å²) in [6, 6.07) is 19.3. The van der Waals surface area contributed by atoms with Gasteiger partial charge in [0.05, 0.1) is 6.10 Å². The Morgan fingerprint density at radius 3 is 2.25 bits per heavy atom. The average molecular weight is 322 g/mol. The van der Waals surface area contributed by atoms with Crippen LogP contribution < -0.4 is 4.74 Å². The van der Waals surface area contributed by atoms with E-state index in [1.54, 1.807) is 0 Å². The van der Waals surface area contributed by atoms with Crippen LogP contribution in [0.4, 0.5) is 0 Å². The molecule has 1 atom stereocenters. The quantitative estimate of drug-likeness (QED) is 0.425. The summed E-state index contributed by atoms with van der Waals surface area (Å²) in [6.07, 6.45) is 5.37. The minimum atomic E-state index is 0.251. The molecule has 2 heteroatoms. The smallest absolute Gasteiger partial charge is 0.120 e. The van der Waals surface area contributed by atoms with E-state index in [1.807, 2.05) is 0 Å². The van der Waals surface area contributed by atoms with Crippen molar-refractivity contribution in [3.63, 3.8) is 0 Å². The highest BCUT2D eigenvalue weighted by atomic mass is 16.5. The second-order valence-electron chi connectivity index (χ2n) is 6.43. The van der Waals surface area contributed by atoms with Crippen LogP contribution in [0.2, 0.25) is 0 Å². The van der Waals surface area contributed by atoms with E-state index in [2.05, 4.69) is 61.5 Å². The third-order valence-electron chi connectivity index (χ3n) is 4.62. The van der Waals surface area contributed by atoms with Gasteiger partial charge in [-0.2, -0.15) is 0 Å². The lowest BCUT2D eigenvalue weighted by Gasteiger charge is -2.18. The fourth-order valence-electron chi connectivity index (χ4n) is 3.19. The van der Waals surface area contributed by atoms with Crippen LogP contribution in [0, 0.1) is 0 Å². The number of benzene rings is 3. The molecule has 3 rings (SSSR count). The number of aliphatic hydroxyl groups is 1. The van der Waals surface area contributed by atoms with Crippen LogP contribution in [-0.2, 0) is 0 Å². The zero-order valence-electron chi connectivity index (χ0n) is 14.4. The minimum Gasteiger partial charge on any atom is -0.490 e. The zero-order valence-corrected chi connectivity index (χ0v) is 14.4. The Kier molecular flexibility index (Phi) is 5.71. The van der Waals surface area contributed by atoms with E-state index in [0.29, 0.717) is 0 Å². The zero-order chi connectivity index (χ0) is 16.8. The van der Waals surface area contributed by atoms with Crippen molar-refractivity contribution in [2.24, 2.45) is 0 Å². The Balaban J connectivity index is 1.75. The summed E-state index contributed by atoms with van der Waals surface area (Å²) in [5, 5.41) is 13.9. The summed E-state index contributed by atoms with van der Waals surface area (Å²) in [5.41, 5.74) is 0. The normalized spacial score (nSPS) is 12.6. The average Bonchev–Trinajstić information content (AvgIpc) is 2.62. The molecule has 0 aliphatic carbocycles. The highest BCUT2D eigenvalue weighted by molar-refractivity contribution is 5.98. The Labute approximate surface area is 144 Å². The highest BCUT2D eigenvalue weighted by Gasteiger charge is 2.09. The maximum absolute atomic E-state index is 8.87. The molecule has 126 valence electrons. The first kappa shape index (κ1) is 16.8. The molecule has 1 unspecified atom stereocenters. The van der Waals surface area contributed by atoms with Gasteiger partial charge in [0.1, 0.15) is 5.75 Å². The molecule has 0 spiro atoms. The lowest BCUT2D eigenvalue weighted by atomic mass is 10.0. The largest absolute Gasteiger partial charge is 0.490 e. The van der Waals surface area contributed by atoms with Gasteiger partial charge < -0.3 is 9.84 Å². The summed E-state index contributed by atoms with van der Waals surface area (Å²) in [7, 11) is 0. The van der Waals surface area contributed by atoms with Crippen molar-refractivity contribution in [1.82, 2.24) is 0 Å². The number of aliphatic hydroxyl groups excluding tert-OH is 1. The summed E-state index contributed by atoms with van der Waals surface area (Å²) < 4.78 is 6.20. The molecule has 3 aromatic carbocycles. The van der Waals surface area contributed by atoms with Crippen molar-refractivity contribution in [3.8, 4) is 5.75 Å². The van der Waals surface area contributed by atoms with Crippen LogP contribution in [0.5, 0.6) is 5.75 Å². The Bertz CT molecular complexity index is 794. The van der Waals surface area contributed by atoms with Crippen LogP contribution in [-0.4, -0.2) is 17.8 Å². The molecule has 0 bridgehead atoms. The molecule has 0 aromatic heterocycles. The molecule has 1 N–H and O–H groups in total. The standard InChI is InChI=1S/C22H26O2/c1-2-21(10-4-3-7-13-23)24-22-12-11-19-14-17-8-5-6-9-18(17)15-20(19)16-22/h5-6,8-9,11-12,14-16,21,23H,2-4,7,10,13H2,1H3. The first-order valence-electron chi connectivity index (χ1n) is 9.00. The first-order chi connectivity index (χ1) is 11.8. The fourth-order valence-corrected chi connectivity index (χ4v) is 3.19. The number of rotatable bonds is 8. The van der Waals surface area contributed by atoms with E-state index in [9.17, 15) is 0 Å². The summed E-state index contributed by atoms with van der Waals surface area (Å²) >= 11 is 0. The number of fused-ring (bicyclic) bond motifs is 2. The molecule has 0 saturated carbocycles. The molecule has 0 amide bonds. The Morgan fingerprint density at radius 1 is 0.833 bits per heavy atom. The summed E-state index contributed by atoms with van der Waals surface area (Å²) in [5.74, 6) is 0.951. The van der Waals surface area contributed by atoms with Crippen molar-refractivity contribution in [2.45, 2.75) is 45.1 Å². The maximum atomic E-state index is 8.87. The van der Waals surface area contributed by atoms with E-state index in [-0.39, 0.29) is 12.7 Å². The van der Waals surface area contributed by atoms with Gasteiger partial charge in [-0.05, 0) is 71.5 Å². The van der Waals surface area contributed by atoms with Crippen LogP contribution in [0.1, 0.15) is 39.0 Å². The molecule has 2 nitrogen and oxygen atoms in total. The summed E-state index contributed by atoms with van der Waals surface area (Å²) in [4.78, 5) is 0. The number of ether oxygens (including phenoxy) is 1. The molecule has 0 heterocycles. The van der Waals surface area contributed by atoms with Gasteiger partial charge in [0.25, 0.3) is 0 Å². The molecule has 0 fully saturated rings. The van der Waals surface area contributed by atoms with Gasteiger partial charge in [-0.25, -0.2) is 0 Å². The van der Waals surface area contributed by atoms with E-state index in [4.69, 9.17) is 9.84 Å². The molecular formula is C22H26O2. The second kappa shape index (κ2) is 8.16. The number of unbranched alkanes of at least 4 members (excludes halogenated alkanes) is 2. The van der Waals surface area contributed by atoms with Gasteiger partial charge in [-0.3, -0.25) is 0 Å². The van der Waals surface area contributed by atoms with Gasteiger partial charge in [-0.15, -0.1) is 0 Å². The fraction of sp³-hybridized carbons (Fsp3) is 0.364. The van der Waals surface area contributed by atoms with Crippen molar-refractivity contribution in [1.29, 1.82) is 0 Å². The highest BCUT2D eigenvalue weighted by Crippen LogP contribution is 2.27. The topological polar surface area (TPSA) is 29.5 Å². The van der Waals surface area contributed by atoms with Gasteiger partial charge in [0.15, 0.2) is 0 Å². The van der Waals surface area contributed by atoms with E-state index < -0.39 is 0 Å². The minimum absolute atomic E-state index is 0.251. The molecule has 0 aliphatic heterocycles. The predicted octanol–water partition coefficient (Wildman–Crippen LogP) is 5.70. The van der Waals surface area contributed by atoms with Crippen LogP contribution >= 0.6 is 0 Å². The lowest BCUT2D eigenvalue weighted by Crippen LogP contribution is -2.15. The van der Waals surface area contributed by atoms with Gasteiger partial charge in [-0.1, -0.05) is 43.7 Å².